The Bertz CT molecular complexity index is 872. The van der Waals surface area contributed by atoms with Gasteiger partial charge in [-0.15, -0.1) is 0 Å². The van der Waals surface area contributed by atoms with Crippen LogP contribution in [0, 0.1) is 17.3 Å². The molecule has 5 atom stereocenters. The molecule has 3 fully saturated rings. The van der Waals surface area contributed by atoms with Gasteiger partial charge in [0.05, 0.1) is 12.2 Å². The van der Waals surface area contributed by atoms with Crippen LogP contribution in [-0.2, 0) is 8.85 Å². The van der Waals surface area contributed by atoms with E-state index in [9.17, 15) is 0 Å². The average molecular weight is 559 g/mol. The van der Waals surface area contributed by atoms with E-state index in [1.54, 1.807) is 5.57 Å². The molecule has 3 saturated carbocycles. The summed E-state index contributed by atoms with van der Waals surface area (Å²) in [5.41, 5.74) is 4.90. The molecule has 0 radical (unpaired) electrons. The molecule has 0 aromatic carbocycles. The zero-order chi connectivity index (χ0) is 28.7. The second-order valence-corrected chi connectivity index (χ2v) is 25.8. The summed E-state index contributed by atoms with van der Waals surface area (Å²) in [4.78, 5) is 0. The Kier molecular flexibility index (Phi) is 9.67. The molecule has 0 N–H and O–H groups in total. The summed E-state index contributed by atoms with van der Waals surface area (Å²) in [7, 11) is -3.87. The third kappa shape index (κ3) is 6.72. The molecule has 3 aliphatic carbocycles. The summed E-state index contributed by atoms with van der Waals surface area (Å²) in [5, 5.41) is 0.354. The minimum atomic E-state index is -1.93. The summed E-state index contributed by atoms with van der Waals surface area (Å²) in [6.07, 6.45) is 16.7. The molecule has 0 spiro atoms. The summed E-state index contributed by atoms with van der Waals surface area (Å²) in [6.45, 7) is 33.1. The molecule has 0 aromatic heterocycles. The molecule has 3 aliphatic rings. The van der Waals surface area contributed by atoms with Crippen molar-refractivity contribution in [2.45, 2.75) is 162 Å². The lowest BCUT2D eigenvalue weighted by atomic mass is 9.63. The zero-order valence-electron chi connectivity index (χ0n) is 27.4. The highest BCUT2D eigenvalue weighted by Gasteiger charge is 2.49. The zero-order valence-corrected chi connectivity index (χ0v) is 29.4. The lowest BCUT2D eigenvalue weighted by Gasteiger charge is -2.46. The summed E-state index contributed by atoms with van der Waals surface area (Å²) in [6, 6.07) is 0. The summed E-state index contributed by atoms with van der Waals surface area (Å²) < 4.78 is 14.1. The minimum Gasteiger partial charge on any atom is -0.410 e. The number of fused-ring (bicyclic) bond motifs is 1. The molecule has 0 aliphatic heterocycles. The number of rotatable bonds is 7. The molecule has 0 heterocycles. The van der Waals surface area contributed by atoms with Crippen molar-refractivity contribution in [3.63, 3.8) is 0 Å². The third-order valence-corrected chi connectivity index (χ3v) is 20.5. The van der Waals surface area contributed by atoms with Crippen LogP contribution in [0.4, 0.5) is 0 Å². The fraction of sp³-hybridized carbons (Fsp3) is 0.824. The molecule has 4 heteroatoms. The van der Waals surface area contributed by atoms with Crippen molar-refractivity contribution in [3.8, 4) is 0 Å². The van der Waals surface area contributed by atoms with E-state index < -0.39 is 16.6 Å². The van der Waals surface area contributed by atoms with E-state index in [4.69, 9.17) is 8.85 Å². The van der Waals surface area contributed by atoms with Crippen LogP contribution >= 0.6 is 0 Å². The molecule has 3 rings (SSSR count). The average Bonchev–Trinajstić information content (AvgIpc) is 3.10. The van der Waals surface area contributed by atoms with E-state index in [0.29, 0.717) is 5.41 Å². The van der Waals surface area contributed by atoms with Gasteiger partial charge in [-0.25, -0.2) is 0 Å². The number of hydrogen-bond donors (Lipinski definition) is 0. The Morgan fingerprint density at radius 2 is 1.42 bits per heavy atom. The van der Waals surface area contributed by atoms with Crippen molar-refractivity contribution in [3.05, 3.63) is 35.5 Å². The molecular weight excluding hydrogens is 497 g/mol. The first kappa shape index (κ1) is 32.1. The molecule has 0 saturated heterocycles. The Hall–Kier alpha value is -0.426. The molecule has 0 bridgehead atoms. The second-order valence-electron chi connectivity index (χ2n) is 16.3. The van der Waals surface area contributed by atoms with Crippen LogP contribution in [0.5, 0.6) is 0 Å². The smallest absolute Gasteiger partial charge is 0.192 e. The van der Waals surface area contributed by atoms with E-state index >= 15 is 0 Å². The molecule has 0 amide bonds. The SMILES string of the molecule is C=C1[C@H](O[Si](C)(C)C(C)(C)C)CC(=C/C=C2\CCC[C@]3(C)C(CCC)CC[C@@H]23)C[C@H]1O[Si](C)(C)C(C)(C)C. The maximum Gasteiger partial charge on any atom is 0.192 e. The van der Waals surface area contributed by atoms with Crippen LogP contribution < -0.4 is 0 Å². The Morgan fingerprint density at radius 3 is 1.89 bits per heavy atom. The van der Waals surface area contributed by atoms with Gasteiger partial charge in [0, 0.05) is 0 Å². The van der Waals surface area contributed by atoms with Crippen LogP contribution in [-0.4, -0.2) is 28.8 Å². The van der Waals surface area contributed by atoms with E-state index in [1.807, 2.05) is 0 Å². The second kappa shape index (κ2) is 11.5. The predicted octanol–water partition coefficient (Wildman–Crippen LogP) is 11.0. The molecule has 1 unspecified atom stereocenters. The van der Waals surface area contributed by atoms with Crippen molar-refractivity contribution >= 4 is 16.6 Å². The van der Waals surface area contributed by atoms with Gasteiger partial charge < -0.3 is 8.85 Å². The van der Waals surface area contributed by atoms with E-state index in [-0.39, 0.29) is 22.3 Å². The molecule has 2 nitrogen and oxygen atoms in total. The van der Waals surface area contributed by atoms with Crippen molar-refractivity contribution in [2.24, 2.45) is 17.3 Å². The van der Waals surface area contributed by atoms with Gasteiger partial charge in [0.1, 0.15) is 0 Å². The normalized spacial score (nSPS) is 32.6. The molecular formula is C34H62O2Si2. The van der Waals surface area contributed by atoms with Gasteiger partial charge in [0.2, 0.25) is 0 Å². The quantitative estimate of drug-likeness (QED) is 0.228. The van der Waals surface area contributed by atoms with E-state index in [2.05, 4.69) is 100 Å². The first-order valence-corrected chi connectivity index (χ1v) is 21.6. The number of hydrogen-bond acceptors (Lipinski definition) is 2. The molecule has 218 valence electrons. The van der Waals surface area contributed by atoms with E-state index in [1.165, 1.54) is 56.1 Å². The Balaban J connectivity index is 1.90. The monoisotopic (exact) mass is 558 g/mol. The Morgan fingerprint density at radius 1 is 0.895 bits per heavy atom. The summed E-state index contributed by atoms with van der Waals surface area (Å²) >= 11 is 0. The van der Waals surface area contributed by atoms with Gasteiger partial charge >= 0.3 is 0 Å². The minimum absolute atomic E-state index is 0.0566. The van der Waals surface area contributed by atoms with Crippen LogP contribution in [0.2, 0.25) is 36.3 Å². The van der Waals surface area contributed by atoms with Crippen LogP contribution in [0.3, 0.4) is 0 Å². The standard InChI is InChI=1S/C34H62O2Si2/c1-14-16-28-20-21-29-27(17-15-22-34(28,29)9)19-18-26-23-30(35-37(10,11)32(3,4)5)25(2)31(24-26)36-38(12,13)33(6,7)8/h18-19,28-31H,2,14-17,20-24H2,1,3-13H3/b27-19+/t28?,29-,30+,31+,34+/m0/s1. The first-order valence-electron chi connectivity index (χ1n) is 15.7. The van der Waals surface area contributed by atoms with Crippen LogP contribution in [0.15, 0.2) is 35.5 Å². The number of allylic oxidation sites excluding steroid dienone is 3. The van der Waals surface area contributed by atoms with Crippen molar-refractivity contribution < 1.29 is 8.85 Å². The maximum atomic E-state index is 7.05. The van der Waals surface area contributed by atoms with Gasteiger partial charge in [-0.05, 0) is 104 Å². The lowest BCUT2D eigenvalue weighted by molar-refractivity contribution is 0.128. The van der Waals surface area contributed by atoms with E-state index in [0.717, 1.165) is 24.7 Å². The fourth-order valence-corrected chi connectivity index (χ4v) is 9.46. The van der Waals surface area contributed by atoms with Gasteiger partial charge in [-0.1, -0.05) is 98.1 Å². The van der Waals surface area contributed by atoms with Crippen LogP contribution in [0.25, 0.3) is 0 Å². The fourth-order valence-electron chi connectivity index (χ4n) is 6.86. The largest absolute Gasteiger partial charge is 0.410 e. The first-order chi connectivity index (χ1) is 17.3. The lowest BCUT2D eigenvalue weighted by Crippen LogP contribution is -2.49. The predicted molar refractivity (Wildman–Crippen MR) is 172 cm³/mol. The topological polar surface area (TPSA) is 18.5 Å². The molecule has 38 heavy (non-hydrogen) atoms. The van der Waals surface area contributed by atoms with Gasteiger partial charge in [0.25, 0.3) is 0 Å². The van der Waals surface area contributed by atoms with Gasteiger partial charge in [-0.2, -0.15) is 0 Å². The third-order valence-electron chi connectivity index (χ3n) is 11.5. The highest BCUT2D eigenvalue weighted by atomic mass is 28.4. The maximum absolute atomic E-state index is 7.05. The van der Waals surface area contributed by atoms with Crippen molar-refractivity contribution in [2.75, 3.05) is 0 Å². The summed E-state index contributed by atoms with van der Waals surface area (Å²) in [5.74, 6) is 1.69. The highest BCUT2D eigenvalue weighted by molar-refractivity contribution is 6.74. The van der Waals surface area contributed by atoms with Crippen molar-refractivity contribution in [1.82, 2.24) is 0 Å². The molecule has 0 aromatic rings. The highest BCUT2D eigenvalue weighted by Crippen LogP contribution is 2.58. The van der Waals surface area contributed by atoms with Crippen LogP contribution in [0.1, 0.15) is 113 Å². The van der Waals surface area contributed by atoms with Gasteiger partial charge in [0.15, 0.2) is 16.6 Å². The van der Waals surface area contributed by atoms with Gasteiger partial charge in [-0.3, -0.25) is 0 Å². The Labute approximate surface area is 239 Å². The van der Waals surface area contributed by atoms with Crippen molar-refractivity contribution in [1.29, 1.82) is 0 Å².